The summed E-state index contributed by atoms with van der Waals surface area (Å²) in [5, 5.41) is 16.8. The summed E-state index contributed by atoms with van der Waals surface area (Å²) in [4.78, 5) is 34.8. The Labute approximate surface area is 221 Å². The van der Waals surface area contributed by atoms with Crippen molar-refractivity contribution in [3.63, 3.8) is 0 Å². The van der Waals surface area contributed by atoms with Crippen molar-refractivity contribution in [3.05, 3.63) is 116 Å². The summed E-state index contributed by atoms with van der Waals surface area (Å²) in [6.07, 6.45) is 3.93. The zero-order valence-corrected chi connectivity index (χ0v) is 20.8. The molecule has 8 heteroatoms. The van der Waals surface area contributed by atoms with Crippen LogP contribution in [0.15, 0.2) is 105 Å². The minimum absolute atomic E-state index is 0.199. The summed E-state index contributed by atoms with van der Waals surface area (Å²) in [6.45, 7) is 10.7. The zero-order chi connectivity index (χ0) is 27.5. The first kappa shape index (κ1) is 27.3. The molecule has 0 aliphatic carbocycles. The average molecular weight is 509 g/mol. The molecule has 0 aliphatic rings. The van der Waals surface area contributed by atoms with Crippen LogP contribution in [-0.4, -0.2) is 30.2 Å². The molecule has 0 heterocycles. The third-order valence-corrected chi connectivity index (χ3v) is 5.43. The van der Waals surface area contributed by atoms with E-state index in [4.69, 9.17) is 10.1 Å². The first-order valence-electron chi connectivity index (χ1n) is 11.7. The lowest BCUT2D eigenvalue weighted by Crippen LogP contribution is -2.25. The van der Waals surface area contributed by atoms with Crippen molar-refractivity contribution in [3.8, 4) is 16.9 Å². The molecule has 4 N–H and O–H groups in total. The SMILES string of the molecule is C=CC(=O)Nc1ccc(-c2ccc(C(=N)NCCc3ccc(NC(=O)C=C)c(OC(=O)C=C)c3)cc2)cc1. The third kappa shape index (κ3) is 7.63. The highest BCUT2D eigenvalue weighted by Crippen LogP contribution is 2.27. The van der Waals surface area contributed by atoms with Crippen LogP contribution in [0.5, 0.6) is 5.75 Å². The van der Waals surface area contributed by atoms with Crippen molar-refractivity contribution in [2.45, 2.75) is 6.42 Å². The molecule has 192 valence electrons. The molecule has 3 aromatic carbocycles. The van der Waals surface area contributed by atoms with Gasteiger partial charge in [-0.05, 0) is 59.5 Å². The van der Waals surface area contributed by atoms with Gasteiger partial charge in [0, 0.05) is 23.9 Å². The van der Waals surface area contributed by atoms with Crippen LogP contribution in [0.25, 0.3) is 11.1 Å². The number of ether oxygens (including phenoxy) is 1. The van der Waals surface area contributed by atoms with Gasteiger partial charge in [-0.2, -0.15) is 0 Å². The van der Waals surface area contributed by atoms with E-state index >= 15 is 0 Å². The van der Waals surface area contributed by atoms with Crippen LogP contribution in [0.2, 0.25) is 0 Å². The molecule has 0 aromatic heterocycles. The summed E-state index contributed by atoms with van der Waals surface area (Å²) in [6, 6.07) is 20.1. The second kappa shape index (κ2) is 13.2. The molecule has 0 fully saturated rings. The van der Waals surface area contributed by atoms with Gasteiger partial charge >= 0.3 is 5.97 Å². The molecular weight excluding hydrogens is 480 g/mol. The molecule has 0 unspecified atom stereocenters. The summed E-state index contributed by atoms with van der Waals surface area (Å²) in [5.74, 6) is -0.867. The summed E-state index contributed by atoms with van der Waals surface area (Å²) < 4.78 is 5.26. The van der Waals surface area contributed by atoms with E-state index in [1.54, 1.807) is 18.2 Å². The summed E-state index contributed by atoms with van der Waals surface area (Å²) in [7, 11) is 0. The number of anilines is 2. The zero-order valence-electron chi connectivity index (χ0n) is 20.8. The van der Waals surface area contributed by atoms with Gasteiger partial charge in [0.05, 0.1) is 5.69 Å². The molecule has 0 bridgehead atoms. The van der Waals surface area contributed by atoms with E-state index in [1.165, 1.54) is 6.08 Å². The van der Waals surface area contributed by atoms with E-state index in [9.17, 15) is 14.4 Å². The lowest BCUT2D eigenvalue weighted by atomic mass is 10.0. The quantitative estimate of drug-likeness (QED) is 0.0970. The number of esters is 1. The normalized spacial score (nSPS) is 10.0. The van der Waals surface area contributed by atoms with Crippen LogP contribution in [-0.2, 0) is 20.8 Å². The Hall–Kier alpha value is -5.24. The number of benzene rings is 3. The van der Waals surface area contributed by atoms with E-state index in [2.05, 4.69) is 35.7 Å². The molecule has 0 atom stereocenters. The Morgan fingerprint density at radius 2 is 1.39 bits per heavy atom. The second-order valence-corrected chi connectivity index (χ2v) is 8.05. The number of amidine groups is 1. The van der Waals surface area contributed by atoms with E-state index in [1.807, 2.05) is 48.5 Å². The maximum Gasteiger partial charge on any atom is 0.335 e. The van der Waals surface area contributed by atoms with E-state index < -0.39 is 11.9 Å². The minimum Gasteiger partial charge on any atom is -0.421 e. The number of nitrogens with one attached hydrogen (secondary N) is 4. The van der Waals surface area contributed by atoms with Crippen molar-refractivity contribution in [2.75, 3.05) is 17.2 Å². The number of carbonyl (C=O) groups is 3. The maximum absolute atomic E-state index is 11.7. The molecule has 0 spiro atoms. The van der Waals surface area contributed by atoms with Gasteiger partial charge in [0.2, 0.25) is 11.8 Å². The largest absolute Gasteiger partial charge is 0.421 e. The predicted molar refractivity (Wildman–Crippen MR) is 150 cm³/mol. The number of rotatable bonds is 11. The van der Waals surface area contributed by atoms with Gasteiger partial charge in [-0.3, -0.25) is 15.0 Å². The molecular formula is C30H28N4O4. The highest BCUT2D eigenvalue weighted by Gasteiger charge is 2.11. The number of amides is 2. The fourth-order valence-corrected chi connectivity index (χ4v) is 3.45. The standard InChI is InChI=1S/C30H28N4O4/c1-4-27(35)33-24-14-12-22(13-15-24)21-8-10-23(11-9-21)30(31)32-18-17-20-7-16-25(34-28(36)5-2)26(19-20)38-29(37)6-3/h4-16,19H,1-3,17-18H2,(H2,31,32)(H,33,35)(H,34,36). The minimum atomic E-state index is -0.644. The van der Waals surface area contributed by atoms with Gasteiger partial charge < -0.3 is 20.7 Å². The van der Waals surface area contributed by atoms with Crippen LogP contribution in [0, 0.1) is 5.41 Å². The van der Waals surface area contributed by atoms with Crippen LogP contribution in [0.1, 0.15) is 11.1 Å². The number of carbonyl (C=O) groups excluding carboxylic acids is 3. The fourth-order valence-electron chi connectivity index (χ4n) is 3.45. The van der Waals surface area contributed by atoms with Crippen LogP contribution >= 0.6 is 0 Å². The number of hydrogen-bond acceptors (Lipinski definition) is 5. The fraction of sp³-hybridized carbons (Fsp3) is 0.0667. The van der Waals surface area contributed by atoms with Crippen molar-refractivity contribution >= 4 is 35.0 Å². The molecule has 0 aliphatic heterocycles. The molecule has 0 saturated heterocycles. The van der Waals surface area contributed by atoms with Crippen LogP contribution < -0.4 is 20.7 Å². The molecule has 0 radical (unpaired) electrons. The van der Waals surface area contributed by atoms with E-state index in [-0.39, 0.29) is 17.5 Å². The molecule has 38 heavy (non-hydrogen) atoms. The van der Waals surface area contributed by atoms with Gasteiger partial charge in [-0.25, -0.2) is 4.79 Å². The van der Waals surface area contributed by atoms with Crippen molar-refractivity contribution in [1.82, 2.24) is 5.32 Å². The molecule has 0 saturated carbocycles. The van der Waals surface area contributed by atoms with E-state index in [0.29, 0.717) is 24.3 Å². The smallest absolute Gasteiger partial charge is 0.335 e. The van der Waals surface area contributed by atoms with Crippen LogP contribution in [0.4, 0.5) is 11.4 Å². The van der Waals surface area contributed by atoms with Gasteiger partial charge in [0.25, 0.3) is 0 Å². The molecule has 3 aromatic rings. The summed E-state index contributed by atoms with van der Waals surface area (Å²) >= 11 is 0. The maximum atomic E-state index is 11.7. The van der Waals surface area contributed by atoms with Crippen LogP contribution in [0.3, 0.4) is 0 Å². The van der Waals surface area contributed by atoms with E-state index in [0.717, 1.165) is 34.4 Å². The Morgan fingerprint density at radius 3 is 2.00 bits per heavy atom. The Balaban J connectivity index is 1.59. The molecule has 8 nitrogen and oxygen atoms in total. The van der Waals surface area contributed by atoms with Gasteiger partial charge in [-0.15, -0.1) is 0 Å². The topological polar surface area (TPSA) is 120 Å². The lowest BCUT2D eigenvalue weighted by Gasteiger charge is -2.13. The van der Waals surface area contributed by atoms with Crippen molar-refractivity contribution < 1.29 is 19.1 Å². The lowest BCUT2D eigenvalue weighted by molar-refractivity contribution is -0.129. The first-order valence-corrected chi connectivity index (χ1v) is 11.7. The van der Waals surface area contributed by atoms with Crippen molar-refractivity contribution in [1.29, 1.82) is 5.41 Å². The average Bonchev–Trinajstić information content (AvgIpc) is 2.94. The highest BCUT2D eigenvalue weighted by molar-refractivity contribution is 6.00. The van der Waals surface area contributed by atoms with Gasteiger partial charge in [0.1, 0.15) is 5.84 Å². The highest BCUT2D eigenvalue weighted by atomic mass is 16.5. The number of hydrogen-bond donors (Lipinski definition) is 4. The first-order chi connectivity index (χ1) is 18.3. The van der Waals surface area contributed by atoms with Crippen molar-refractivity contribution in [2.24, 2.45) is 0 Å². The Kier molecular flexibility index (Phi) is 9.48. The Morgan fingerprint density at radius 1 is 0.789 bits per heavy atom. The predicted octanol–water partition coefficient (Wildman–Crippen LogP) is 4.85. The van der Waals surface area contributed by atoms with Gasteiger partial charge in [-0.1, -0.05) is 62.2 Å². The Bertz CT molecular complexity index is 1380. The summed E-state index contributed by atoms with van der Waals surface area (Å²) in [5.41, 5.74) is 4.56. The monoisotopic (exact) mass is 508 g/mol. The third-order valence-electron chi connectivity index (χ3n) is 5.43. The molecule has 2 amide bonds. The second-order valence-electron chi connectivity index (χ2n) is 8.05. The van der Waals surface area contributed by atoms with Gasteiger partial charge in [0.15, 0.2) is 5.75 Å². The molecule has 3 rings (SSSR count).